The fourth-order valence-corrected chi connectivity index (χ4v) is 4.39. The zero-order valence-electron chi connectivity index (χ0n) is 11.6. The highest BCUT2D eigenvalue weighted by molar-refractivity contribution is 5.91. The lowest BCUT2D eigenvalue weighted by Gasteiger charge is -2.31. The number of hydrogen-bond donors (Lipinski definition) is 2. The Morgan fingerprint density at radius 1 is 1.42 bits per heavy atom. The number of hydrogen-bond acceptors (Lipinski definition) is 4. The number of carbonyl (C=O) groups is 1. The predicted molar refractivity (Wildman–Crippen MR) is 69.2 cm³/mol. The maximum absolute atomic E-state index is 11.8. The molecule has 0 spiro atoms. The molecule has 4 heteroatoms. The van der Waals surface area contributed by atoms with Gasteiger partial charge in [-0.3, -0.25) is 0 Å². The molecule has 19 heavy (non-hydrogen) atoms. The van der Waals surface area contributed by atoms with Crippen LogP contribution in [0.3, 0.4) is 0 Å². The highest BCUT2D eigenvalue weighted by Crippen LogP contribution is 2.53. The second kappa shape index (κ2) is 4.32. The van der Waals surface area contributed by atoms with Gasteiger partial charge in [0.15, 0.2) is 0 Å². The van der Waals surface area contributed by atoms with E-state index in [1.54, 1.807) is 0 Å². The van der Waals surface area contributed by atoms with E-state index < -0.39 is 11.5 Å². The van der Waals surface area contributed by atoms with Crippen LogP contribution in [0.5, 0.6) is 0 Å². The smallest absolute Gasteiger partial charge is 0.334 e. The number of fused-ring (bicyclic) bond motifs is 1. The lowest BCUT2D eigenvalue weighted by Crippen LogP contribution is -2.36. The van der Waals surface area contributed by atoms with Crippen LogP contribution in [0.1, 0.15) is 33.1 Å². The van der Waals surface area contributed by atoms with E-state index in [0.717, 1.165) is 24.0 Å². The number of ether oxygens (including phenoxy) is 1. The molecule has 0 aromatic carbocycles. The summed E-state index contributed by atoms with van der Waals surface area (Å²) in [5.41, 5.74) is 1.54. The van der Waals surface area contributed by atoms with Gasteiger partial charge in [-0.15, -0.1) is 0 Å². The first-order valence-electron chi connectivity index (χ1n) is 7.13. The monoisotopic (exact) mass is 266 g/mol. The maximum atomic E-state index is 11.8. The lowest BCUT2D eigenvalue weighted by atomic mass is 9.79. The first-order chi connectivity index (χ1) is 8.96. The average Bonchev–Trinajstić information content (AvgIpc) is 2.77. The minimum Gasteiger partial charge on any atom is -0.458 e. The summed E-state index contributed by atoms with van der Waals surface area (Å²) in [4.78, 5) is 11.8. The topological polar surface area (TPSA) is 66.8 Å². The molecule has 2 aliphatic carbocycles. The highest BCUT2D eigenvalue weighted by Gasteiger charge is 2.53. The summed E-state index contributed by atoms with van der Waals surface area (Å²) in [6.07, 6.45) is 1.84. The number of aliphatic hydroxyl groups is 2. The molecule has 0 saturated heterocycles. The number of aliphatic hydroxyl groups excluding tert-OH is 2. The normalized spacial score (nSPS) is 45.8. The van der Waals surface area contributed by atoms with Gasteiger partial charge in [0, 0.05) is 11.0 Å². The second-order valence-corrected chi connectivity index (χ2v) is 6.84. The molecule has 0 bridgehead atoms. The Balaban J connectivity index is 1.92. The minimum absolute atomic E-state index is 0.00420. The summed E-state index contributed by atoms with van der Waals surface area (Å²) < 4.78 is 5.13. The number of esters is 1. The molecule has 2 N–H and O–H groups in total. The Hall–Kier alpha value is -0.870. The third kappa shape index (κ3) is 1.84. The van der Waals surface area contributed by atoms with Gasteiger partial charge >= 0.3 is 5.97 Å². The van der Waals surface area contributed by atoms with Gasteiger partial charge in [0.2, 0.25) is 0 Å². The van der Waals surface area contributed by atoms with Crippen molar-refractivity contribution in [1.82, 2.24) is 0 Å². The van der Waals surface area contributed by atoms with Crippen LogP contribution in [-0.4, -0.2) is 35.5 Å². The third-order valence-corrected chi connectivity index (χ3v) is 5.46. The molecule has 0 aromatic rings. The predicted octanol–water partition coefficient (Wildman–Crippen LogP) is 1.27. The van der Waals surface area contributed by atoms with Crippen LogP contribution in [-0.2, 0) is 9.53 Å². The Kier molecular flexibility index (Phi) is 2.98. The van der Waals surface area contributed by atoms with Crippen LogP contribution in [0.25, 0.3) is 0 Å². The van der Waals surface area contributed by atoms with E-state index in [2.05, 4.69) is 6.92 Å². The number of cyclic esters (lactones) is 1. The van der Waals surface area contributed by atoms with Gasteiger partial charge in [0.05, 0.1) is 12.7 Å². The standard InChI is InChI=1S/C15H22O4/c1-8-3-10-6-19-14(18)11(10)4-9-5-15(2,7-16)13(17)12(8)9/h8-9,12-13,16-17H,3-7H2,1-2H3. The Morgan fingerprint density at radius 3 is 2.84 bits per heavy atom. The summed E-state index contributed by atoms with van der Waals surface area (Å²) in [6, 6.07) is 0. The molecule has 1 saturated carbocycles. The van der Waals surface area contributed by atoms with Crippen LogP contribution < -0.4 is 0 Å². The van der Waals surface area contributed by atoms with E-state index in [9.17, 15) is 15.0 Å². The zero-order chi connectivity index (χ0) is 13.8. The molecule has 1 fully saturated rings. The Labute approximate surface area is 113 Å². The molecule has 106 valence electrons. The Morgan fingerprint density at radius 2 is 2.16 bits per heavy atom. The molecular formula is C15H22O4. The van der Waals surface area contributed by atoms with Crippen molar-refractivity contribution in [2.24, 2.45) is 23.2 Å². The molecule has 1 aliphatic heterocycles. The molecule has 3 rings (SSSR count). The van der Waals surface area contributed by atoms with Crippen molar-refractivity contribution < 1.29 is 19.7 Å². The summed E-state index contributed by atoms with van der Waals surface area (Å²) >= 11 is 0. The lowest BCUT2D eigenvalue weighted by molar-refractivity contribution is -0.136. The highest BCUT2D eigenvalue weighted by atomic mass is 16.5. The molecule has 3 aliphatic rings. The first kappa shape index (κ1) is 13.1. The van der Waals surface area contributed by atoms with E-state index in [4.69, 9.17) is 4.74 Å². The van der Waals surface area contributed by atoms with E-state index >= 15 is 0 Å². The third-order valence-electron chi connectivity index (χ3n) is 5.46. The van der Waals surface area contributed by atoms with E-state index in [0.29, 0.717) is 18.9 Å². The molecule has 0 radical (unpaired) electrons. The average molecular weight is 266 g/mol. The fourth-order valence-electron chi connectivity index (χ4n) is 4.39. The summed E-state index contributed by atoms with van der Waals surface area (Å²) in [5.74, 6) is 0.612. The van der Waals surface area contributed by atoms with Gasteiger partial charge in [-0.25, -0.2) is 4.79 Å². The fraction of sp³-hybridized carbons (Fsp3) is 0.800. The molecule has 0 amide bonds. The van der Waals surface area contributed by atoms with Crippen LogP contribution >= 0.6 is 0 Å². The SMILES string of the molecule is CC1CC2=C(CC3CC(C)(CO)C(O)C13)C(=O)OC2. The molecule has 1 heterocycles. The van der Waals surface area contributed by atoms with Crippen molar-refractivity contribution in [2.75, 3.05) is 13.2 Å². The van der Waals surface area contributed by atoms with E-state index in [1.807, 2.05) is 6.92 Å². The summed E-state index contributed by atoms with van der Waals surface area (Å²) in [5, 5.41) is 20.1. The molecule has 4 nitrogen and oxygen atoms in total. The van der Waals surface area contributed by atoms with Gasteiger partial charge in [0.25, 0.3) is 0 Å². The van der Waals surface area contributed by atoms with Crippen molar-refractivity contribution in [2.45, 2.75) is 39.2 Å². The largest absolute Gasteiger partial charge is 0.458 e. The van der Waals surface area contributed by atoms with Gasteiger partial charge in [-0.1, -0.05) is 13.8 Å². The number of carbonyl (C=O) groups excluding carboxylic acids is 1. The van der Waals surface area contributed by atoms with Crippen molar-refractivity contribution in [3.8, 4) is 0 Å². The summed E-state index contributed by atoms with van der Waals surface area (Å²) in [6.45, 7) is 4.53. The van der Waals surface area contributed by atoms with Gasteiger partial charge in [-0.05, 0) is 42.6 Å². The summed E-state index contributed by atoms with van der Waals surface area (Å²) in [7, 11) is 0. The van der Waals surface area contributed by atoms with Crippen LogP contribution in [0.4, 0.5) is 0 Å². The van der Waals surface area contributed by atoms with Crippen molar-refractivity contribution in [3.05, 3.63) is 11.1 Å². The van der Waals surface area contributed by atoms with Crippen LogP contribution in [0.2, 0.25) is 0 Å². The van der Waals surface area contributed by atoms with Crippen molar-refractivity contribution in [1.29, 1.82) is 0 Å². The minimum atomic E-state index is -0.478. The van der Waals surface area contributed by atoms with E-state index in [1.165, 1.54) is 0 Å². The number of rotatable bonds is 1. The first-order valence-corrected chi connectivity index (χ1v) is 7.13. The van der Waals surface area contributed by atoms with Crippen LogP contribution in [0.15, 0.2) is 11.1 Å². The molecule has 5 atom stereocenters. The second-order valence-electron chi connectivity index (χ2n) is 6.84. The van der Waals surface area contributed by atoms with Gasteiger partial charge < -0.3 is 14.9 Å². The molecular weight excluding hydrogens is 244 g/mol. The van der Waals surface area contributed by atoms with Gasteiger partial charge in [-0.2, -0.15) is 0 Å². The van der Waals surface area contributed by atoms with E-state index in [-0.39, 0.29) is 24.4 Å². The molecule has 0 aromatic heterocycles. The Bertz CT molecular complexity index is 441. The maximum Gasteiger partial charge on any atom is 0.334 e. The van der Waals surface area contributed by atoms with Crippen molar-refractivity contribution in [3.63, 3.8) is 0 Å². The zero-order valence-corrected chi connectivity index (χ0v) is 11.6. The van der Waals surface area contributed by atoms with Crippen molar-refractivity contribution >= 4 is 5.97 Å². The quantitative estimate of drug-likeness (QED) is 0.701. The van der Waals surface area contributed by atoms with Crippen LogP contribution in [0, 0.1) is 23.2 Å². The van der Waals surface area contributed by atoms with Gasteiger partial charge in [0.1, 0.15) is 6.61 Å². The molecule has 5 unspecified atom stereocenters.